The second kappa shape index (κ2) is 14.4. The predicted octanol–water partition coefficient (Wildman–Crippen LogP) is 3.00. The van der Waals surface area contributed by atoms with Crippen LogP contribution in [0.3, 0.4) is 0 Å². The van der Waals surface area contributed by atoms with Gasteiger partial charge in [-0.2, -0.15) is 0 Å². The van der Waals surface area contributed by atoms with Crippen molar-refractivity contribution in [2.24, 2.45) is 0 Å². The first-order chi connectivity index (χ1) is 21.3. The van der Waals surface area contributed by atoms with E-state index in [0.717, 1.165) is 19.6 Å². The van der Waals surface area contributed by atoms with E-state index in [1.165, 1.54) is 30.4 Å². The van der Waals surface area contributed by atoms with Crippen molar-refractivity contribution in [3.05, 3.63) is 139 Å². The van der Waals surface area contributed by atoms with E-state index < -0.39 is 17.1 Å². The molecule has 240 valence electrons. The molecule has 0 atom stereocenters. The molecule has 0 N–H and O–H groups in total. The molecule has 9 nitrogen and oxygen atoms in total. The molecule has 3 aromatic carbocycles. The normalized spacial score (nSPS) is 12.4. The van der Waals surface area contributed by atoms with E-state index in [1.807, 2.05) is 54.6 Å². The van der Waals surface area contributed by atoms with Gasteiger partial charge < -0.3 is 13.4 Å². The Morgan fingerprint density at radius 1 is 0.400 bits per heavy atom. The van der Waals surface area contributed by atoms with E-state index in [0.29, 0.717) is 33.1 Å². The van der Waals surface area contributed by atoms with Crippen LogP contribution in [0, 0.1) is 0 Å². The van der Waals surface area contributed by atoms with Gasteiger partial charge in [0.25, 0.3) is 0 Å². The average Bonchev–Trinajstić information content (AvgIpc) is 2.97. The van der Waals surface area contributed by atoms with Gasteiger partial charge in [0.15, 0.2) is 0 Å². The smallest absolute Gasteiger partial charge is 0.323 e. The van der Waals surface area contributed by atoms with E-state index in [4.69, 9.17) is 0 Å². The van der Waals surface area contributed by atoms with Crippen LogP contribution in [-0.2, 0) is 39.3 Å². The van der Waals surface area contributed by atoms with Gasteiger partial charge in [-0.05, 0) is 0 Å². The van der Waals surface area contributed by atoms with Crippen LogP contribution in [0.1, 0.15) is 16.7 Å². The van der Waals surface area contributed by atoms with Gasteiger partial charge in [-0.15, -0.1) is 0 Å². The third-order valence-corrected chi connectivity index (χ3v) is 8.53. The summed E-state index contributed by atoms with van der Waals surface area (Å²) in [6.07, 6.45) is 0. The van der Waals surface area contributed by atoms with E-state index in [1.54, 1.807) is 0 Å². The number of quaternary nitrogens is 3. The fourth-order valence-electron chi connectivity index (χ4n) is 5.84. The van der Waals surface area contributed by atoms with Gasteiger partial charge in [0, 0.05) is 16.7 Å². The standard InChI is InChI=1S/C36H51N6O3/c1-40(2,28-31-16-10-7-11-17-31)25-22-37-34(43)38(23-26-41(3,4)29-32-18-12-8-13-19-32)36(45)39(35(37)44)24-27-42(5,6)30-33-20-14-9-15-21-33/h7-21H,22-30H2,1-6H3/q+3. The van der Waals surface area contributed by atoms with Gasteiger partial charge in [-0.3, -0.25) is 0 Å². The Labute approximate surface area is 267 Å². The van der Waals surface area contributed by atoms with Crippen LogP contribution in [0.2, 0.25) is 0 Å². The van der Waals surface area contributed by atoms with Gasteiger partial charge >= 0.3 is 17.1 Å². The molecular weight excluding hydrogens is 564 g/mol. The minimum absolute atomic E-state index is 0.225. The molecule has 0 aliphatic rings. The SMILES string of the molecule is C[N+](C)(CCn1c(=O)n(CC[N+](C)(C)Cc2ccccc2)c(=O)n(CC[N+](C)(C)Cc2ccccc2)c1=O)Cc1ccccc1. The third kappa shape index (κ3) is 9.72. The van der Waals surface area contributed by atoms with Crippen molar-refractivity contribution in [1.82, 2.24) is 13.7 Å². The molecule has 0 aliphatic carbocycles. The summed E-state index contributed by atoms with van der Waals surface area (Å²) in [6.45, 7) is 4.65. The van der Waals surface area contributed by atoms with Gasteiger partial charge in [0.2, 0.25) is 0 Å². The summed E-state index contributed by atoms with van der Waals surface area (Å²) in [5, 5.41) is 0. The molecular formula is C36H51N6O3+3. The highest BCUT2D eigenvalue weighted by molar-refractivity contribution is 5.14. The van der Waals surface area contributed by atoms with E-state index in [-0.39, 0.29) is 19.6 Å². The lowest BCUT2D eigenvalue weighted by atomic mass is 10.2. The molecule has 0 amide bonds. The summed E-state index contributed by atoms with van der Waals surface area (Å²) < 4.78 is 5.62. The maximum absolute atomic E-state index is 13.9. The van der Waals surface area contributed by atoms with Crippen molar-refractivity contribution >= 4 is 0 Å². The summed E-state index contributed by atoms with van der Waals surface area (Å²) in [4.78, 5) is 41.6. The molecule has 4 aromatic rings. The molecule has 0 spiro atoms. The number of nitrogens with zero attached hydrogens (tertiary/aromatic N) is 6. The first-order valence-electron chi connectivity index (χ1n) is 15.8. The van der Waals surface area contributed by atoms with Crippen molar-refractivity contribution in [3.63, 3.8) is 0 Å². The van der Waals surface area contributed by atoms with Crippen LogP contribution in [0.25, 0.3) is 0 Å². The molecule has 0 fully saturated rings. The predicted molar refractivity (Wildman–Crippen MR) is 181 cm³/mol. The minimum Gasteiger partial charge on any atom is -0.323 e. The van der Waals surface area contributed by atoms with E-state index >= 15 is 0 Å². The molecule has 0 aliphatic heterocycles. The van der Waals surface area contributed by atoms with Crippen molar-refractivity contribution < 1.29 is 13.4 Å². The van der Waals surface area contributed by atoms with Crippen LogP contribution in [-0.4, -0.2) is 89.1 Å². The monoisotopic (exact) mass is 615 g/mol. The quantitative estimate of drug-likeness (QED) is 0.193. The number of rotatable bonds is 15. The molecule has 4 rings (SSSR count). The summed E-state index contributed by atoms with van der Waals surface area (Å²) in [6, 6.07) is 30.6. The summed E-state index contributed by atoms with van der Waals surface area (Å²) in [5.41, 5.74) is 1.98. The Morgan fingerprint density at radius 3 is 0.844 bits per heavy atom. The molecule has 1 heterocycles. The Kier molecular flexibility index (Phi) is 10.8. The first kappa shape index (κ1) is 33.8. The highest BCUT2D eigenvalue weighted by atomic mass is 16.2. The summed E-state index contributed by atoms with van der Waals surface area (Å²) in [5.74, 6) is 0. The fraction of sp³-hybridized carbons (Fsp3) is 0.417. The van der Waals surface area contributed by atoms with Gasteiger partial charge in [-0.1, -0.05) is 91.0 Å². The first-order valence-corrected chi connectivity index (χ1v) is 15.8. The third-order valence-electron chi connectivity index (χ3n) is 8.53. The zero-order chi connectivity index (χ0) is 32.7. The van der Waals surface area contributed by atoms with Crippen molar-refractivity contribution in [1.29, 1.82) is 0 Å². The molecule has 0 bridgehead atoms. The molecule has 9 heteroatoms. The molecule has 1 aromatic heterocycles. The number of hydrogen-bond acceptors (Lipinski definition) is 3. The van der Waals surface area contributed by atoms with Crippen molar-refractivity contribution in [3.8, 4) is 0 Å². The van der Waals surface area contributed by atoms with Gasteiger partial charge in [-0.25, -0.2) is 28.1 Å². The summed E-state index contributed by atoms with van der Waals surface area (Å²) in [7, 11) is 12.6. The second-order valence-electron chi connectivity index (χ2n) is 14.2. The Hall–Kier alpha value is -4.05. The number of hydrogen-bond donors (Lipinski definition) is 0. The van der Waals surface area contributed by atoms with Crippen LogP contribution in [0.15, 0.2) is 105 Å². The van der Waals surface area contributed by atoms with Crippen LogP contribution in [0.4, 0.5) is 0 Å². The van der Waals surface area contributed by atoms with Crippen molar-refractivity contribution in [2.75, 3.05) is 61.9 Å². The highest BCUT2D eigenvalue weighted by Gasteiger charge is 2.24. The Morgan fingerprint density at radius 2 is 0.622 bits per heavy atom. The zero-order valence-electron chi connectivity index (χ0n) is 27.9. The lowest BCUT2D eigenvalue weighted by molar-refractivity contribution is -0.904. The zero-order valence-corrected chi connectivity index (χ0v) is 27.9. The molecule has 0 radical (unpaired) electrons. The van der Waals surface area contributed by atoms with Gasteiger partial charge in [0.05, 0.1) is 81.6 Å². The maximum Gasteiger partial charge on any atom is 0.336 e. The van der Waals surface area contributed by atoms with Crippen LogP contribution >= 0.6 is 0 Å². The topological polar surface area (TPSA) is 66.0 Å². The fourth-order valence-corrected chi connectivity index (χ4v) is 5.84. The molecule has 45 heavy (non-hydrogen) atoms. The number of aromatic nitrogens is 3. The second-order valence-corrected chi connectivity index (χ2v) is 14.2. The largest absolute Gasteiger partial charge is 0.336 e. The van der Waals surface area contributed by atoms with Crippen LogP contribution in [0.5, 0.6) is 0 Å². The number of benzene rings is 3. The average molecular weight is 616 g/mol. The van der Waals surface area contributed by atoms with Crippen molar-refractivity contribution in [2.45, 2.75) is 39.3 Å². The van der Waals surface area contributed by atoms with Gasteiger partial charge in [0.1, 0.15) is 19.6 Å². The maximum atomic E-state index is 13.9. The van der Waals surface area contributed by atoms with Crippen LogP contribution < -0.4 is 17.1 Å². The molecule has 0 saturated carbocycles. The van der Waals surface area contributed by atoms with E-state index in [9.17, 15) is 14.4 Å². The Balaban J connectivity index is 1.62. The minimum atomic E-state index is -0.529. The highest BCUT2D eigenvalue weighted by Crippen LogP contribution is 2.11. The Bertz CT molecular complexity index is 1470. The van der Waals surface area contributed by atoms with E-state index in [2.05, 4.69) is 78.7 Å². The molecule has 0 saturated heterocycles. The molecule has 0 unspecified atom stereocenters. The number of likely N-dealkylation sites (N-methyl/N-ethyl adjacent to an activating group) is 3. The lowest BCUT2D eigenvalue weighted by Crippen LogP contribution is -2.58. The lowest BCUT2D eigenvalue weighted by Gasteiger charge is -2.31. The summed E-state index contributed by atoms with van der Waals surface area (Å²) >= 11 is 0.